The molecule has 0 unspecified atom stereocenters. The van der Waals surface area contributed by atoms with Crippen LogP contribution in [0.15, 0.2) is 45.8 Å². The number of methoxy groups -OCH3 is 2. The second-order valence-corrected chi connectivity index (χ2v) is 9.10. The number of rotatable bonds is 5. The number of ether oxygens (including phenoxy) is 2. The van der Waals surface area contributed by atoms with Gasteiger partial charge in [0.05, 0.1) is 24.7 Å². The highest BCUT2D eigenvalue weighted by Crippen LogP contribution is 2.30. The number of benzene rings is 2. The monoisotopic (exact) mass is 486 g/mol. The van der Waals surface area contributed by atoms with Crippen LogP contribution in [0, 0.1) is 5.82 Å². The zero-order chi connectivity index (χ0) is 21.2. The Morgan fingerprint density at radius 1 is 1.07 bits per heavy atom. The molecule has 0 aromatic heterocycles. The average Bonchev–Trinajstić information content (AvgIpc) is 2.73. The minimum Gasteiger partial charge on any atom is -0.497 e. The van der Waals surface area contributed by atoms with Crippen molar-refractivity contribution in [2.75, 3.05) is 45.3 Å². The average molecular weight is 487 g/mol. The van der Waals surface area contributed by atoms with Crippen LogP contribution in [0.5, 0.6) is 5.75 Å². The summed E-state index contributed by atoms with van der Waals surface area (Å²) in [6, 6.07) is 9.51. The van der Waals surface area contributed by atoms with Gasteiger partial charge in [0.1, 0.15) is 11.6 Å². The van der Waals surface area contributed by atoms with Crippen LogP contribution < -0.4 is 9.64 Å². The fourth-order valence-electron chi connectivity index (χ4n) is 3.11. The first-order chi connectivity index (χ1) is 13.8. The van der Waals surface area contributed by atoms with Gasteiger partial charge in [-0.1, -0.05) is 0 Å². The van der Waals surface area contributed by atoms with Crippen LogP contribution in [-0.4, -0.2) is 59.1 Å². The maximum absolute atomic E-state index is 14.0. The lowest BCUT2D eigenvalue weighted by Gasteiger charge is -2.35. The lowest BCUT2D eigenvalue weighted by molar-refractivity contribution is 0.0595. The fraction of sp³-hybridized carbons (Fsp3) is 0.316. The van der Waals surface area contributed by atoms with Crippen LogP contribution in [0.1, 0.15) is 10.4 Å². The topological polar surface area (TPSA) is 76.2 Å². The third kappa shape index (κ3) is 4.39. The highest BCUT2D eigenvalue weighted by Gasteiger charge is 2.32. The number of esters is 1. The number of hydrogen-bond acceptors (Lipinski definition) is 6. The molecule has 0 aliphatic carbocycles. The third-order valence-electron chi connectivity index (χ3n) is 4.72. The summed E-state index contributed by atoms with van der Waals surface area (Å²) in [4.78, 5) is 13.7. The number of halogens is 2. The van der Waals surface area contributed by atoms with Gasteiger partial charge in [-0.05, 0) is 52.3 Å². The third-order valence-corrected chi connectivity index (χ3v) is 7.58. The number of nitrogens with zero attached hydrogens (tertiary/aromatic N) is 2. The molecule has 0 radical (unpaired) electrons. The van der Waals surface area contributed by atoms with Gasteiger partial charge in [-0.25, -0.2) is 17.6 Å². The predicted octanol–water partition coefficient (Wildman–Crippen LogP) is 2.89. The van der Waals surface area contributed by atoms with Gasteiger partial charge in [0, 0.05) is 36.3 Å². The summed E-state index contributed by atoms with van der Waals surface area (Å²) < 4.78 is 51.3. The van der Waals surface area contributed by atoms with E-state index in [4.69, 9.17) is 4.74 Å². The summed E-state index contributed by atoms with van der Waals surface area (Å²) in [6.45, 7) is 1.50. The van der Waals surface area contributed by atoms with Crippen LogP contribution in [-0.2, 0) is 14.8 Å². The molecule has 1 aliphatic rings. The number of sulfonamides is 1. The Bertz CT molecular complexity index is 1010. The summed E-state index contributed by atoms with van der Waals surface area (Å²) in [5.74, 6) is -1.04. The summed E-state index contributed by atoms with van der Waals surface area (Å²) in [5, 5.41) is 0. The first-order valence-electron chi connectivity index (χ1n) is 8.74. The molecule has 1 heterocycles. The van der Waals surface area contributed by atoms with Crippen molar-refractivity contribution in [1.82, 2.24) is 4.31 Å². The molecule has 3 rings (SSSR count). The van der Waals surface area contributed by atoms with Gasteiger partial charge in [0.15, 0.2) is 0 Å². The first-order valence-corrected chi connectivity index (χ1v) is 11.0. The Kier molecular flexibility index (Phi) is 6.45. The SMILES string of the molecule is COC(=O)c1cc(S(=O)(=O)N2CCN(c3ccc(OC)cc3)CC2)c(Br)cc1F. The Hall–Kier alpha value is -2.17. The van der Waals surface area contributed by atoms with E-state index in [1.165, 1.54) is 4.31 Å². The van der Waals surface area contributed by atoms with E-state index in [0.29, 0.717) is 13.1 Å². The first kappa shape index (κ1) is 21.5. The minimum atomic E-state index is -3.92. The molecule has 0 amide bonds. The molecule has 2 aromatic rings. The molecule has 0 spiro atoms. The van der Waals surface area contributed by atoms with Gasteiger partial charge in [-0.3, -0.25) is 0 Å². The standard InChI is InChI=1S/C19H20BrFN2O5S/c1-27-14-5-3-13(4-6-14)22-7-9-23(10-8-22)29(25,26)18-11-15(19(24)28-2)17(21)12-16(18)20/h3-6,11-12H,7-10H2,1-2H3. The molecule has 29 heavy (non-hydrogen) atoms. The normalized spacial score (nSPS) is 15.2. The minimum absolute atomic E-state index is 0.0558. The lowest BCUT2D eigenvalue weighted by atomic mass is 10.2. The quantitative estimate of drug-likeness (QED) is 0.604. The second-order valence-electron chi connectivity index (χ2n) is 6.34. The summed E-state index contributed by atoms with van der Waals surface area (Å²) in [5.41, 5.74) is 0.546. The van der Waals surface area contributed by atoms with Crippen molar-refractivity contribution in [2.24, 2.45) is 0 Å². The molecule has 10 heteroatoms. The van der Waals surface area contributed by atoms with E-state index in [1.54, 1.807) is 7.11 Å². The van der Waals surface area contributed by atoms with Crippen molar-refractivity contribution in [1.29, 1.82) is 0 Å². The van der Waals surface area contributed by atoms with E-state index >= 15 is 0 Å². The molecule has 156 valence electrons. The maximum Gasteiger partial charge on any atom is 0.340 e. The van der Waals surface area contributed by atoms with Gasteiger partial charge in [-0.2, -0.15) is 4.31 Å². The number of carbonyl (C=O) groups is 1. The van der Waals surface area contributed by atoms with E-state index in [2.05, 4.69) is 25.6 Å². The molecule has 0 N–H and O–H groups in total. The van der Waals surface area contributed by atoms with Crippen LogP contribution in [0.3, 0.4) is 0 Å². The molecular formula is C19H20BrFN2O5S. The number of piperazine rings is 1. The van der Waals surface area contributed by atoms with Crippen molar-refractivity contribution < 1.29 is 27.1 Å². The largest absolute Gasteiger partial charge is 0.497 e. The molecule has 0 saturated carbocycles. The molecule has 7 nitrogen and oxygen atoms in total. The Morgan fingerprint density at radius 2 is 1.69 bits per heavy atom. The van der Waals surface area contributed by atoms with E-state index in [9.17, 15) is 17.6 Å². The number of anilines is 1. The van der Waals surface area contributed by atoms with E-state index in [0.717, 1.165) is 30.7 Å². The molecule has 1 aliphatic heterocycles. The smallest absolute Gasteiger partial charge is 0.340 e. The van der Waals surface area contributed by atoms with Crippen molar-refractivity contribution in [3.8, 4) is 5.75 Å². The molecule has 0 bridgehead atoms. The van der Waals surface area contributed by atoms with Gasteiger partial charge >= 0.3 is 5.97 Å². The van der Waals surface area contributed by atoms with Crippen LogP contribution >= 0.6 is 15.9 Å². The summed E-state index contributed by atoms with van der Waals surface area (Å²) >= 11 is 3.10. The molecule has 1 saturated heterocycles. The lowest BCUT2D eigenvalue weighted by Crippen LogP contribution is -2.48. The second kappa shape index (κ2) is 8.68. The van der Waals surface area contributed by atoms with E-state index < -0.39 is 27.4 Å². The zero-order valence-corrected chi connectivity index (χ0v) is 18.3. The fourth-order valence-corrected chi connectivity index (χ4v) is 5.54. The van der Waals surface area contributed by atoms with Crippen molar-refractivity contribution in [2.45, 2.75) is 4.90 Å². The predicted molar refractivity (Wildman–Crippen MR) is 109 cm³/mol. The highest BCUT2D eigenvalue weighted by atomic mass is 79.9. The zero-order valence-electron chi connectivity index (χ0n) is 15.9. The molecule has 0 atom stereocenters. The maximum atomic E-state index is 14.0. The molecule has 2 aromatic carbocycles. The van der Waals surface area contributed by atoms with Gasteiger partial charge in [0.25, 0.3) is 0 Å². The Morgan fingerprint density at radius 3 is 2.24 bits per heavy atom. The number of carbonyl (C=O) groups excluding carboxylic acids is 1. The van der Waals surface area contributed by atoms with E-state index in [-0.39, 0.29) is 22.5 Å². The van der Waals surface area contributed by atoms with Gasteiger partial charge in [0.2, 0.25) is 10.0 Å². The van der Waals surface area contributed by atoms with E-state index in [1.807, 2.05) is 24.3 Å². The van der Waals surface area contributed by atoms with Crippen molar-refractivity contribution in [3.05, 3.63) is 52.3 Å². The summed E-state index contributed by atoms with van der Waals surface area (Å²) in [6.07, 6.45) is 0. The van der Waals surface area contributed by atoms with Crippen molar-refractivity contribution in [3.63, 3.8) is 0 Å². The van der Waals surface area contributed by atoms with Gasteiger partial charge in [-0.15, -0.1) is 0 Å². The van der Waals surface area contributed by atoms with Crippen LogP contribution in [0.4, 0.5) is 10.1 Å². The molecular weight excluding hydrogens is 467 g/mol. The highest BCUT2D eigenvalue weighted by molar-refractivity contribution is 9.10. The van der Waals surface area contributed by atoms with Crippen LogP contribution in [0.2, 0.25) is 0 Å². The summed E-state index contributed by atoms with van der Waals surface area (Å²) in [7, 11) is -1.22. The van der Waals surface area contributed by atoms with Crippen LogP contribution in [0.25, 0.3) is 0 Å². The Labute approximate surface area is 177 Å². The van der Waals surface area contributed by atoms with Crippen molar-refractivity contribution >= 4 is 37.6 Å². The Balaban J connectivity index is 1.80. The number of hydrogen-bond donors (Lipinski definition) is 0. The molecule has 1 fully saturated rings. The van der Waals surface area contributed by atoms with Gasteiger partial charge < -0.3 is 14.4 Å².